The number of aryl methyl sites for hydroxylation is 1. The van der Waals surface area contributed by atoms with Crippen molar-refractivity contribution >= 4 is 91.2 Å². The molecule has 69 heavy (non-hydrogen) atoms. The van der Waals surface area contributed by atoms with Crippen molar-refractivity contribution in [1.29, 1.82) is 0 Å². The minimum atomic E-state index is -1.91. The van der Waals surface area contributed by atoms with Gasteiger partial charge in [-0.15, -0.1) is 11.3 Å². The van der Waals surface area contributed by atoms with Gasteiger partial charge in [0, 0.05) is 33.1 Å². The third-order valence-electron chi connectivity index (χ3n) is 18.9. The fourth-order valence-corrected chi connectivity index (χ4v) is 16.3. The summed E-state index contributed by atoms with van der Waals surface area (Å²) in [6.07, 6.45) is 7.18. The summed E-state index contributed by atoms with van der Waals surface area (Å²) in [4.78, 5) is 5.61. The largest absolute Gasteiger partial charge is 0.311 e. The average Bonchev–Trinajstić information content (AvgIpc) is 3.62. The van der Waals surface area contributed by atoms with Crippen LogP contribution in [0.1, 0.15) is 187 Å². The van der Waals surface area contributed by atoms with Crippen molar-refractivity contribution in [1.82, 2.24) is 0 Å². The Labute approximate surface area is 422 Å². The maximum absolute atomic E-state index is 2.84. The number of nitrogens with zero attached hydrogens (tertiary/aromatic N) is 2. The monoisotopic (exact) mass is 949 g/mol. The van der Waals surface area contributed by atoms with Gasteiger partial charge < -0.3 is 9.80 Å². The molecule has 0 N–H and O–H groups in total. The molecule has 360 valence electrons. The van der Waals surface area contributed by atoms with Gasteiger partial charge >= 0.3 is 0 Å². The zero-order valence-electron chi connectivity index (χ0n) is 46.1. The smallest absolute Gasteiger partial charge is 0.254 e. The molecule has 2 nitrogen and oxygen atoms in total. The number of rotatable bonds is 3. The van der Waals surface area contributed by atoms with Gasteiger partial charge in [0.05, 0.1) is 13.1 Å². The van der Waals surface area contributed by atoms with Crippen LogP contribution in [-0.2, 0) is 37.9 Å². The molecule has 0 fully saturated rings. The molecule has 0 radical (unpaired) electrons. The summed E-state index contributed by atoms with van der Waals surface area (Å²) in [7, 11) is -1.91. The lowest BCUT2D eigenvalue weighted by atomic mass is 9.33. The van der Waals surface area contributed by atoms with Crippen LogP contribution >= 0.6 is 11.3 Å². The first-order valence-corrected chi connectivity index (χ1v) is 31.0. The highest BCUT2D eigenvalue weighted by atomic mass is 32.1. The fourth-order valence-electron chi connectivity index (χ4n) is 13.8. The topological polar surface area (TPSA) is 6.48 Å². The molecule has 6 aromatic rings. The first-order valence-electron chi connectivity index (χ1n) is 26.7. The highest BCUT2D eigenvalue weighted by Crippen LogP contribution is 2.57. The molecule has 0 saturated heterocycles. The van der Waals surface area contributed by atoms with E-state index in [-0.39, 0.29) is 44.6 Å². The third-order valence-corrected chi connectivity index (χ3v) is 22.0. The lowest BCUT2D eigenvalue weighted by Crippen LogP contribution is -2.62. The van der Waals surface area contributed by atoms with Crippen molar-refractivity contribution < 1.29 is 0 Å². The Morgan fingerprint density at radius 2 is 1.04 bits per heavy atom. The first kappa shape index (κ1) is 47.3. The Morgan fingerprint density at radius 1 is 0.522 bits per heavy atom. The van der Waals surface area contributed by atoms with Crippen LogP contribution < -0.4 is 31.4 Å². The van der Waals surface area contributed by atoms with Gasteiger partial charge in [0.15, 0.2) is 0 Å². The third kappa shape index (κ3) is 6.95. The lowest BCUT2D eigenvalue weighted by Gasteiger charge is -2.50. The number of benzene rings is 5. The number of hydrogen-bond acceptors (Lipinski definition) is 3. The summed E-state index contributed by atoms with van der Waals surface area (Å²) in [5.74, 6) is 0. The normalized spacial score (nSPS) is 20.9. The predicted octanol–water partition coefficient (Wildman–Crippen LogP) is 16.2. The van der Waals surface area contributed by atoms with Crippen molar-refractivity contribution in [2.75, 3.05) is 9.80 Å². The van der Waals surface area contributed by atoms with Gasteiger partial charge in [-0.3, -0.25) is 0 Å². The summed E-state index contributed by atoms with van der Waals surface area (Å²) in [6.45, 7) is 47.3. The highest BCUT2D eigenvalue weighted by molar-refractivity contribution is 7.26. The van der Waals surface area contributed by atoms with E-state index in [1.807, 2.05) is 0 Å². The molecule has 0 amide bonds. The van der Waals surface area contributed by atoms with E-state index in [1.54, 1.807) is 16.7 Å². The van der Waals surface area contributed by atoms with Crippen LogP contribution in [0.3, 0.4) is 0 Å². The maximum atomic E-state index is 2.84. The zero-order valence-corrected chi connectivity index (χ0v) is 47.9. The van der Waals surface area contributed by atoms with E-state index in [2.05, 4.69) is 224 Å². The lowest BCUT2D eigenvalue weighted by molar-refractivity contribution is 0.331. The zero-order chi connectivity index (χ0) is 49.7. The molecule has 2 aliphatic heterocycles. The molecular weight excluding hydrogens is 868 g/mol. The van der Waals surface area contributed by atoms with Crippen LogP contribution in [0.2, 0.25) is 19.6 Å². The molecule has 3 heterocycles. The van der Waals surface area contributed by atoms with Gasteiger partial charge in [-0.1, -0.05) is 159 Å². The summed E-state index contributed by atoms with van der Waals surface area (Å²) in [5.41, 5.74) is 23.8. The van der Waals surface area contributed by atoms with Crippen molar-refractivity contribution in [3.8, 4) is 0 Å². The summed E-state index contributed by atoms with van der Waals surface area (Å²) in [5, 5.41) is 4.38. The number of fused-ring (bicyclic) bond motifs is 10. The van der Waals surface area contributed by atoms with Crippen molar-refractivity contribution in [3.63, 3.8) is 0 Å². The van der Waals surface area contributed by atoms with Crippen LogP contribution in [0.15, 0.2) is 72.8 Å². The predicted molar refractivity (Wildman–Crippen MR) is 308 cm³/mol. The van der Waals surface area contributed by atoms with E-state index in [4.69, 9.17) is 0 Å². The fraction of sp³-hybridized carbons (Fsp3) is 0.500. The van der Waals surface area contributed by atoms with Crippen LogP contribution in [0.25, 0.3) is 10.1 Å². The average molecular weight is 949 g/mol. The maximum Gasteiger partial charge on any atom is 0.254 e. The van der Waals surface area contributed by atoms with E-state index >= 15 is 0 Å². The SMILES string of the molecule is Cc1cc(C(C)(C)C)ccc1N1c2cc([Si](C)(C)C)cc3c2B(c2ccc4c(c2N3c2ccc3c(c2)C(C)(C)CCC3(C)C)C(C)(C)CCC4(C)C)c2c1sc1cc3c(cc21)C(C)(C)CCC3(C)C. The standard InChI is InChI=1S/C64H81BN2SSi/c1-38-32-39(58(2,3)4)20-25-49(38)67-51-35-41(69(17,18)19)34-50-55(51)65(54-42-36-46-47(37-52(42)68-57(54)67)63(13,14)29-28-62(46,11)12)48-24-23-44-53(64(15,16)31-30-60(44,7)8)56(48)66(50)40-21-22-43-45(33-40)61(9,10)27-26-59(43,5)6/h20-25,32-37H,26-31H2,1-19H3. The Morgan fingerprint density at radius 3 is 1.62 bits per heavy atom. The molecule has 0 atom stereocenters. The number of thiophene rings is 1. The molecule has 0 bridgehead atoms. The van der Waals surface area contributed by atoms with E-state index in [9.17, 15) is 0 Å². The summed E-state index contributed by atoms with van der Waals surface area (Å²) >= 11 is 2.06. The number of anilines is 6. The van der Waals surface area contributed by atoms with Crippen molar-refractivity contribution in [3.05, 3.63) is 117 Å². The number of hydrogen-bond donors (Lipinski definition) is 0. The van der Waals surface area contributed by atoms with Gasteiger partial charge in [0.2, 0.25) is 0 Å². The van der Waals surface area contributed by atoms with Crippen LogP contribution in [0.4, 0.5) is 33.4 Å². The molecule has 3 aliphatic carbocycles. The molecule has 0 spiro atoms. The Balaban J connectivity index is 1.33. The minimum Gasteiger partial charge on any atom is -0.311 e. The van der Waals surface area contributed by atoms with Gasteiger partial charge in [0.1, 0.15) is 0 Å². The second kappa shape index (κ2) is 14.6. The minimum absolute atomic E-state index is 0.0124. The first-order chi connectivity index (χ1) is 31.8. The molecule has 1 aromatic heterocycles. The van der Waals surface area contributed by atoms with Gasteiger partial charge in [0.25, 0.3) is 6.71 Å². The van der Waals surface area contributed by atoms with Gasteiger partial charge in [-0.05, 0) is 192 Å². The van der Waals surface area contributed by atoms with E-state index in [0.717, 1.165) is 0 Å². The van der Waals surface area contributed by atoms with Gasteiger partial charge in [-0.2, -0.15) is 0 Å². The molecule has 11 rings (SSSR count). The summed E-state index contributed by atoms with van der Waals surface area (Å²) < 4.78 is 1.43. The van der Waals surface area contributed by atoms with Crippen LogP contribution in [-0.4, -0.2) is 14.8 Å². The quantitative estimate of drug-likeness (QED) is 0.163. The molecule has 0 saturated carbocycles. The second-order valence-corrected chi connectivity index (χ2v) is 34.8. The van der Waals surface area contributed by atoms with Gasteiger partial charge in [-0.25, -0.2) is 0 Å². The van der Waals surface area contributed by atoms with Crippen LogP contribution in [0, 0.1) is 6.92 Å². The molecule has 5 heteroatoms. The van der Waals surface area contributed by atoms with Crippen molar-refractivity contribution in [2.45, 2.75) is 207 Å². The van der Waals surface area contributed by atoms with E-state index < -0.39 is 8.07 Å². The summed E-state index contributed by atoms with van der Waals surface area (Å²) in [6, 6.07) is 31.1. The molecule has 0 unspecified atom stereocenters. The van der Waals surface area contributed by atoms with Crippen LogP contribution in [0.5, 0.6) is 0 Å². The van der Waals surface area contributed by atoms with E-state index in [0.29, 0.717) is 0 Å². The molecule has 5 aromatic carbocycles. The second-order valence-electron chi connectivity index (χ2n) is 28.7. The Hall–Kier alpha value is -4.06. The molecular formula is C64H81BN2SSi. The van der Waals surface area contributed by atoms with E-state index in [1.165, 1.54) is 131 Å². The Kier molecular flexibility index (Phi) is 9.97. The molecule has 5 aliphatic rings. The highest BCUT2D eigenvalue weighted by Gasteiger charge is 2.51. The van der Waals surface area contributed by atoms with Crippen molar-refractivity contribution in [2.24, 2.45) is 0 Å². The Bertz CT molecular complexity index is 3180.